The van der Waals surface area contributed by atoms with Crippen LogP contribution in [0.15, 0.2) is 66.0 Å². The number of allylic oxidation sites excluding steroid dienone is 4. The molecule has 0 heterocycles. The molecule has 0 saturated heterocycles. The minimum absolute atomic E-state index is 0. The molecule has 2 rings (SSSR count). The van der Waals surface area contributed by atoms with Gasteiger partial charge in [-0.15, -0.1) is 0 Å². The van der Waals surface area contributed by atoms with Gasteiger partial charge in [0.15, 0.2) is 0 Å². The van der Waals surface area contributed by atoms with Crippen molar-refractivity contribution in [3.63, 3.8) is 0 Å². The Labute approximate surface area is 131 Å². The molecule has 0 atom stereocenters. The van der Waals surface area contributed by atoms with Crippen LogP contribution in [0.2, 0.25) is 0 Å². The Bertz CT molecular complexity index is 575. The first-order valence-electron chi connectivity index (χ1n) is 5.44. The van der Waals surface area contributed by atoms with E-state index in [1.54, 1.807) is 48.7 Å². The van der Waals surface area contributed by atoms with Gasteiger partial charge in [0, 0.05) is 39.7 Å². The molecule has 1 aromatic carbocycles. The number of rotatable bonds is 3. The number of phenols is 1. The first-order valence-corrected chi connectivity index (χ1v) is 5.44. The molecule has 5 heteroatoms. The minimum Gasteiger partial charge on any atom is -0.506 e. The van der Waals surface area contributed by atoms with Crippen LogP contribution in [0.5, 0.6) is 5.75 Å². The van der Waals surface area contributed by atoms with Crippen molar-refractivity contribution in [1.29, 1.82) is 0 Å². The van der Waals surface area contributed by atoms with Gasteiger partial charge in [0.25, 0.3) is 0 Å². The van der Waals surface area contributed by atoms with Crippen molar-refractivity contribution in [2.75, 3.05) is 5.32 Å². The smallest absolute Gasteiger partial charge is 0.204 e. The molecule has 0 aliphatic heterocycles. The van der Waals surface area contributed by atoms with Crippen LogP contribution in [0.3, 0.4) is 0 Å². The summed E-state index contributed by atoms with van der Waals surface area (Å²) in [5.41, 5.74) is 0.965. The van der Waals surface area contributed by atoms with Gasteiger partial charge in [-0.3, -0.25) is 9.79 Å². The molecule has 0 saturated carbocycles. The Morgan fingerprint density at radius 2 is 1.89 bits per heavy atom. The fourth-order valence-corrected chi connectivity index (χ4v) is 1.40. The number of aromatic hydroxyl groups is 1. The SMILES string of the molecule is O=C1C=CC=CC1=N/C=C\Nc1ccccc1O.[Cd]. The number of aliphatic imine (C=N–C) groups is 1. The monoisotopic (exact) mass is 354 g/mol. The van der Waals surface area contributed by atoms with E-state index in [9.17, 15) is 9.90 Å². The molecule has 0 aromatic heterocycles. The summed E-state index contributed by atoms with van der Waals surface area (Å²) < 4.78 is 0. The van der Waals surface area contributed by atoms with Gasteiger partial charge in [-0.2, -0.15) is 0 Å². The molecule has 1 aliphatic rings. The van der Waals surface area contributed by atoms with Gasteiger partial charge in [0.05, 0.1) is 5.69 Å². The molecule has 0 fully saturated rings. The van der Waals surface area contributed by atoms with Crippen molar-refractivity contribution in [2.45, 2.75) is 0 Å². The molecule has 0 unspecified atom stereocenters. The zero-order valence-corrected chi connectivity index (χ0v) is 14.3. The van der Waals surface area contributed by atoms with Crippen molar-refractivity contribution in [2.24, 2.45) is 4.99 Å². The summed E-state index contributed by atoms with van der Waals surface area (Å²) in [6.07, 6.45) is 9.57. The van der Waals surface area contributed by atoms with Crippen molar-refractivity contribution in [3.8, 4) is 5.75 Å². The number of carbonyl (C=O) groups excluding carboxylic acids is 1. The average Bonchev–Trinajstić information content (AvgIpc) is 2.38. The molecule has 0 spiro atoms. The van der Waals surface area contributed by atoms with Gasteiger partial charge < -0.3 is 10.4 Å². The molecular weight excluding hydrogens is 341 g/mol. The van der Waals surface area contributed by atoms with E-state index in [-0.39, 0.29) is 38.8 Å². The predicted octanol–water partition coefficient (Wildman–Crippen LogP) is 2.41. The average molecular weight is 353 g/mol. The molecule has 1 aromatic rings. The number of carbonyl (C=O) groups is 1. The van der Waals surface area contributed by atoms with Crippen LogP contribution in [0.25, 0.3) is 0 Å². The Morgan fingerprint density at radius 1 is 1.16 bits per heavy atom. The standard InChI is InChI=1S/C14H12N2O2.Cd/c17-13-7-3-1-5-11(13)15-9-10-16-12-6-2-4-8-14(12)18;/h1-10,15,17H;/b10-9-,16-12?;. The van der Waals surface area contributed by atoms with Gasteiger partial charge in [-0.25, -0.2) is 0 Å². The third kappa shape index (κ3) is 4.47. The van der Waals surface area contributed by atoms with E-state index >= 15 is 0 Å². The molecule has 1 aliphatic carbocycles. The van der Waals surface area contributed by atoms with Gasteiger partial charge in [-0.05, 0) is 24.3 Å². The molecule has 2 N–H and O–H groups in total. The number of hydrogen-bond donors (Lipinski definition) is 2. The summed E-state index contributed by atoms with van der Waals surface area (Å²) in [4.78, 5) is 15.4. The Hall–Kier alpha value is -1.70. The third-order valence-corrected chi connectivity index (χ3v) is 2.30. The Morgan fingerprint density at radius 3 is 2.63 bits per heavy atom. The number of ketones is 1. The first-order chi connectivity index (χ1) is 8.77. The maximum atomic E-state index is 11.3. The number of para-hydroxylation sites is 2. The van der Waals surface area contributed by atoms with Crippen LogP contribution < -0.4 is 5.32 Å². The molecule has 4 nitrogen and oxygen atoms in total. The summed E-state index contributed by atoms with van der Waals surface area (Å²) in [5.74, 6) is 0.0380. The van der Waals surface area contributed by atoms with Crippen LogP contribution >= 0.6 is 0 Å². The van der Waals surface area contributed by atoms with Gasteiger partial charge in [0.1, 0.15) is 11.5 Å². The summed E-state index contributed by atoms with van der Waals surface area (Å²) in [6, 6.07) is 6.86. The summed E-state index contributed by atoms with van der Waals surface area (Å²) in [5, 5.41) is 12.4. The second-order valence-electron chi connectivity index (χ2n) is 3.57. The number of anilines is 1. The quantitative estimate of drug-likeness (QED) is 0.499. The topological polar surface area (TPSA) is 61.7 Å². The number of hydrogen-bond acceptors (Lipinski definition) is 4. The number of nitrogens with one attached hydrogen (secondary N) is 1. The normalized spacial score (nSPS) is 15.8. The first kappa shape index (κ1) is 15.4. The Kier molecular flexibility index (Phi) is 6.20. The Balaban J connectivity index is 0.00000180. The number of benzene rings is 1. The number of nitrogens with zero attached hydrogens (tertiary/aromatic N) is 1. The van der Waals surface area contributed by atoms with E-state index in [2.05, 4.69) is 10.3 Å². The summed E-state index contributed by atoms with van der Waals surface area (Å²) in [6.45, 7) is 0. The van der Waals surface area contributed by atoms with Crippen molar-refractivity contribution in [3.05, 3.63) is 61.0 Å². The van der Waals surface area contributed by atoms with E-state index in [1.165, 1.54) is 12.3 Å². The fourth-order valence-electron chi connectivity index (χ4n) is 1.40. The van der Waals surface area contributed by atoms with Gasteiger partial charge >= 0.3 is 0 Å². The van der Waals surface area contributed by atoms with Crippen molar-refractivity contribution >= 4 is 17.2 Å². The van der Waals surface area contributed by atoms with E-state index in [1.807, 2.05) is 0 Å². The van der Waals surface area contributed by atoms with Gasteiger partial charge in [0.2, 0.25) is 5.78 Å². The number of phenolic OH excluding ortho intramolecular Hbond substituents is 1. The van der Waals surface area contributed by atoms with E-state index < -0.39 is 0 Å². The van der Waals surface area contributed by atoms with Crippen LogP contribution in [0.4, 0.5) is 5.69 Å². The largest absolute Gasteiger partial charge is 0.506 e. The van der Waals surface area contributed by atoms with E-state index in [0.29, 0.717) is 11.4 Å². The summed E-state index contributed by atoms with van der Waals surface area (Å²) in [7, 11) is 0. The van der Waals surface area contributed by atoms with Crippen molar-refractivity contribution < 1.29 is 37.2 Å². The second kappa shape index (κ2) is 7.67. The third-order valence-electron chi connectivity index (χ3n) is 2.30. The van der Waals surface area contributed by atoms with Crippen LogP contribution in [-0.4, -0.2) is 16.6 Å². The molecule has 0 bridgehead atoms. The maximum Gasteiger partial charge on any atom is 0.204 e. The predicted molar refractivity (Wildman–Crippen MR) is 71.6 cm³/mol. The molecule has 92 valence electrons. The summed E-state index contributed by atoms with van der Waals surface area (Å²) >= 11 is 0. The van der Waals surface area contributed by atoms with E-state index in [4.69, 9.17) is 0 Å². The molecule has 0 amide bonds. The van der Waals surface area contributed by atoms with E-state index in [0.717, 1.165) is 0 Å². The zero-order valence-electron chi connectivity index (χ0n) is 10.3. The maximum absolute atomic E-state index is 11.3. The molecule has 0 radical (unpaired) electrons. The van der Waals surface area contributed by atoms with Crippen LogP contribution in [0.1, 0.15) is 0 Å². The van der Waals surface area contributed by atoms with Crippen LogP contribution in [0, 0.1) is 0 Å². The second-order valence-corrected chi connectivity index (χ2v) is 3.57. The van der Waals surface area contributed by atoms with Gasteiger partial charge in [-0.1, -0.05) is 24.3 Å². The minimum atomic E-state index is -0.121. The zero-order chi connectivity index (χ0) is 12.8. The molecule has 19 heavy (non-hydrogen) atoms. The fraction of sp³-hybridized carbons (Fsp3) is 0. The molecular formula is C14H12CdN2O2. The van der Waals surface area contributed by atoms with Crippen LogP contribution in [-0.2, 0) is 32.1 Å². The van der Waals surface area contributed by atoms with Crippen molar-refractivity contribution in [1.82, 2.24) is 0 Å².